The summed E-state index contributed by atoms with van der Waals surface area (Å²) >= 11 is 0. The molecule has 2 aromatic rings. The number of H-pyrrole nitrogens is 1. The number of nitrogens with zero attached hydrogens (tertiary/aromatic N) is 1. The van der Waals surface area contributed by atoms with Crippen LogP contribution in [-0.2, 0) is 9.47 Å². The molecule has 0 radical (unpaired) electrons. The normalized spacial score (nSPS) is 21.4. The number of imidazole rings is 1. The van der Waals surface area contributed by atoms with Crippen LogP contribution in [-0.4, -0.2) is 34.9 Å². The summed E-state index contributed by atoms with van der Waals surface area (Å²) in [4.78, 5) is 7.54. The maximum Gasteiger partial charge on any atom is 0.138 e. The average molecular weight is 220 g/mol. The van der Waals surface area contributed by atoms with Crippen molar-refractivity contribution in [3.8, 4) is 5.75 Å². The third-order valence-electron chi connectivity index (χ3n) is 2.60. The van der Waals surface area contributed by atoms with Gasteiger partial charge in [0.25, 0.3) is 0 Å². The molecular weight excluding hydrogens is 208 g/mol. The van der Waals surface area contributed by atoms with E-state index in [0.717, 1.165) is 16.9 Å². The Morgan fingerprint density at radius 2 is 2.31 bits per heavy atom. The number of hydrogen-bond donors (Lipinski definition) is 2. The summed E-state index contributed by atoms with van der Waals surface area (Å²) in [5.41, 5.74) is 1.63. The van der Waals surface area contributed by atoms with E-state index in [0.29, 0.717) is 19.8 Å². The molecule has 1 fully saturated rings. The van der Waals surface area contributed by atoms with Crippen molar-refractivity contribution in [2.75, 3.05) is 19.8 Å². The number of benzene rings is 1. The van der Waals surface area contributed by atoms with Crippen molar-refractivity contribution in [3.63, 3.8) is 0 Å². The molecule has 3 rings (SSSR count). The van der Waals surface area contributed by atoms with Gasteiger partial charge in [-0.3, -0.25) is 0 Å². The molecular formula is C11H12N2O3. The van der Waals surface area contributed by atoms with E-state index in [1.54, 1.807) is 18.2 Å². The minimum absolute atomic E-state index is 0.136. The summed E-state index contributed by atoms with van der Waals surface area (Å²) in [6.45, 7) is 1.75. The second-order valence-electron chi connectivity index (χ2n) is 3.76. The number of ether oxygens (including phenoxy) is 2. The van der Waals surface area contributed by atoms with E-state index in [-0.39, 0.29) is 11.9 Å². The maximum absolute atomic E-state index is 9.35. The van der Waals surface area contributed by atoms with Gasteiger partial charge in [-0.25, -0.2) is 4.98 Å². The van der Waals surface area contributed by atoms with Crippen LogP contribution < -0.4 is 0 Å². The summed E-state index contributed by atoms with van der Waals surface area (Å²) in [6, 6.07) is 5.04. The highest BCUT2D eigenvalue weighted by atomic mass is 16.6. The molecule has 16 heavy (non-hydrogen) atoms. The van der Waals surface area contributed by atoms with E-state index in [2.05, 4.69) is 9.97 Å². The number of phenols is 1. The molecule has 1 aliphatic heterocycles. The highest BCUT2D eigenvalue weighted by molar-refractivity contribution is 5.76. The fraction of sp³-hybridized carbons (Fsp3) is 0.364. The zero-order chi connectivity index (χ0) is 11.0. The molecule has 0 bridgehead atoms. The minimum Gasteiger partial charge on any atom is -0.508 e. The van der Waals surface area contributed by atoms with E-state index in [9.17, 15) is 5.11 Å². The van der Waals surface area contributed by atoms with Gasteiger partial charge in [0, 0.05) is 6.07 Å². The number of rotatable bonds is 1. The van der Waals surface area contributed by atoms with Crippen molar-refractivity contribution in [3.05, 3.63) is 24.0 Å². The van der Waals surface area contributed by atoms with E-state index >= 15 is 0 Å². The van der Waals surface area contributed by atoms with Crippen molar-refractivity contribution in [2.24, 2.45) is 0 Å². The van der Waals surface area contributed by atoms with Crippen molar-refractivity contribution in [2.45, 2.75) is 6.10 Å². The molecule has 2 heterocycles. The lowest BCUT2D eigenvalue weighted by Gasteiger charge is -2.20. The van der Waals surface area contributed by atoms with Gasteiger partial charge in [0.1, 0.15) is 17.7 Å². The van der Waals surface area contributed by atoms with Crippen molar-refractivity contribution in [1.82, 2.24) is 9.97 Å². The minimum atomic E-state index is -0.136. The third kappa shape index (κ3) is 1.64. The van der Waals surface area contributed by atoms with Crippen LogP contribution in [0.5, 0.6) is 5.75 Å². The molecule has 5 heteroatoms. The Balaban J connectivity index is 1.97. The van der Waals surface area contributed by atoms with Crippen LogP contribution in [0.2, 0.25) is 0 Å². The molecule has 1 aromatic heterocycles. The Labute approximate surface area is 92.0 Å². The SMILES string of the molecule is Oc1ccc2nc(C3COCCO3)[nH]c2c1. The molecule has 84 valence electrons. The number of aromatic hydroxyl groups is 1. The van der Waals surface area contributed by atoms with Gasteiger partial charge < -0.3 is 19.6 Å². The summed E-state index contributed by atoms with van der Waals surface area (Å²) in [5, 5.41) is 9.35. The molecule has 1 aromatic carbocycles. The second-order valence-corrected chi connectivity index (χ2v) is 3.76. The Morgan fingerprint density at radius 1 is 1.38 bits per heavy atom. The lowest BCUT2D eigenvalue weighted by atomic mass is 10.3. The molecule has 0 amide bonds. The van der Waals surface area contributed by atoms with Crippen LogP contribution in [0.4, 0.5) is 0 Å². The van der Waals surface area contributed by atoms with Crippen LogP contribution in [0.1, 0.15) is 11.9 Å². The first kappa shape index (κ1) is 9.62. The number of nitrogens with one attached hydrogen (secondary N) is 1. The van der Waals surface area contributed by atoms with Crippen LogP contribution in [0.3, 0.4) is 0 Å². The van der Waals surface area contributed by atoms with Crippen LogP contribution in [0, 0.1) is 0 Å². The molecule has 1 saturated heterocycles. The molecule has 0 saturated carbocycles. The van der Waals surface area contributed by atoms with Crippen molar-refractivity contribution < 1.29 is 14.6 Å². The molecule has 1 aliphatic rings. The second kappa shape index (κ2) is 3.77. The van der Waals surface area contributed by atoms with Gasteiger partial charge in [0.2, 0.25) is 0 Å². The lowest BCUT2D eigenvalue weighted by Crippen LogP contribution is -2.22. The first-order valence-electron chi connectivity index (χ1n) is 5.21. The van der Waals surface area contributed by atoms with Gasteiger partial charge in [0.05, 0.1) is 30.9 Å². The Morgan fingerprint density at radius 3 is 3.12 bits per heavy atom. The topological polar surface area (TPSA) is 67.4 Å². The third-order valence-corrected chi connectivity index (χ3v) is 2.60. The summed E-state index contributed by atoms with van der Waals surface area (Å²) in [7, 11) is 0. The van der Waals surface area contributed by atoms with Gasteiger partial charge in [-0.1, -0.05) is 0 Å². The summed E-state index contributed by atoms with van der Waals surface area (Å²) in [6.07, 6.45) is -0.136. The molecule has 0 spiro atoms. The number of hydrogen-bond acceptors (Lipinski definition) is 4. The van der Waals surface area contributed by atoms with E-state index < -0.39 is 0 Å². The first-order valence-corrected chi connectivity index (χ1v) is 5.21. The monoisotopic (exact) mass is 220 g/mol. The molecule has 1 atom stereocenters. The lowest BCUT2D eigenvalue weighted by molar-refractivity contribution is -0.0931. The smallest absolute Gasteiger partial charge is 0.138 e. The Kier molecular flexibility index (Phi) is 2.27. The van der Waals surface area contributed by atoms with Gasteiger partial charge in [-0.15, -0.1) is 0 Å². The van der Waals surface area contributed by atoms with Crippen molar-refractivity contribution in [1.29, 1.82) is 0 Å². The largest absolute Gasteiger partial charge is 0.508 e. The van der Waals surface area contributed by atoms with Gasteiger partial charge >= 0.3 is 0 Å². The molecule has 5 nitrogen and oxygen atoms in total. The highest BCUT2D eigenvalue weighted by Crippen LogP contribution is 2.23. The molecule has 2 N–H and O–H groups in total. The highest BCUT2D eigenvalue weighted by Gasteiger charge is 2.20. The number of phenolic OH excluding ortho intramolecular Hbond substituents is 1. The van der Waals surface area contributed by atoms with Gasteiger partial charge in [-0.2, -0.15) is 0 Å². The predicted molar refractivity (Wildman–Crippen MR) is 57.3 cm³/mol. The fourth-order valence-electron chi connectivity index (χ4n) is 1.82. The van der Waals surface area contributed by atoms with Gasteiger partial charge in [0.15, 0.2) is 0 Å². The zero-order valence-electron chi connectivity index (χ0n) is 8.64. The number of aromatic nitrogens is 2. The van der Waals surface area contributed by atoms with Crippen LogP contribution >= 0.6 is 0 Å². The zero-order valence-corrected chi connectivity index (χ0v) is 8.64. The van der Waals surface area contributed by atoms with Crippen molar-refractivity contribution >= 4 is 11.0 Å². The molecule has 1 unspecified atom stereocenters. The predicted octanol–water partition coefficient (Wildman–Crippen LogP) is 1.36. The van der Waals surface area contributed by atoms with Crippen LogP contribution in [0.15, 0.2) is 18.2 Å². The number of fused-ring (bicyclic) bond motifs is 1. The van der Waals surface area contributed by atoms with Crippen LogP contribution in [0.25, 0.3) is 11.0 Å². The van der Waals surface area contributed by atoms with E-state index in [1.165, 1.54) is 0 Å². The number of aromatic amines is 1. The van der Waals surface area contributed by atoms with E-state index in [4.69, 9.17) is 9.47 Å². The first-order chi connectivity index (χ1) is 7.83. The standard InChI is InChI=1S/C11H12N2O3/c14-7-1-2-8-9(5-7)13-11(12-8)10-6-15-3-4-16-10/h1-2,5,10,14H,3-4,6H2,(H,12,13). The van der Waals surface area contributed by atoms with E-state index in [1.807, 2.05) is 0 Å². The molecule has 0 aliphatic carbocycles. The van der Waals surface area contributed by atoms with Gasteiger partial charge in [-0.05, 0) is 12.1 Å². The Hall–Kier alpha value is -1.59. The summed E-state index contributed by atoms with van der Waals surface area (Å²) < 4.78 is 10.9. The fourth-order valence-corrected chi connectivity index (χ4v) is 1.82. The maximum atomic E-state index is 9.35. The quantitative estimate of drug-likeness (QED) is 0.761. The average Bonchev–Trinajstić information content (AvgIpc) is 2.73. The Bertz CT molecular complexity index is 503. The summed E-state index contributed by atoms with van der Waals surface area (Å²) in [5.74, 6) is 0.976.